The second-order valence-electron chi connectivity index (χ2n) is 4.93. The summed E-state index contributed by atoms with van der Waals surface area (Å²) in [4.78, 5) is 27.7. The summed E-state index contributed by atoms with van der Waals surface area (Å²) in [6.07, 6.45) is 0.738. The third-order valence-electron chi connectivity index (χ3n) is 3.75. The molecule has 0 bridgehead atoms. The summed E-state index contributed by atoms with van der Waals surface area (Å²) in [5.74, 6) is -0.193. The molecule has 2 aliphatic rings. The first-order chi connectivity index (χ1) is 9.18. The fraction of sp³-hybridized carbons (Fsp3) is 0.429. The Morgan fingerprint density at radius 3 is 2.74 bits per heavy atom. The summed E-state index contributed by atoms with van der Waals surface area (Å²) in [5, 5.41) is 0. The van der Waals surface area contributed by atoms with Crippen LogP contribution >= 0.6 is 0 Å². The van der Waals surface area contributed by atoms with E-state index < -0.39 is 0 Å². The number of para-hydroxylation sites is 2. The fourth-order valence-corrected chi connectivity index (χ4v) is 2.58. The molecule has 2 aliphatic heterocycles. The van der Waals surface area contributed by atoms with Gasteiger partial charge in [0.15, 0.2) is 0 Å². The summed E-state index contributed by atoms with van der Waals surface area (Å²) in [6.45, 7) is 1.20. The Morgan fingerprint density at radius 2 is 2.05 bits per heavy atom. The zero-order chi connectivity index (χ0) is 13.4. The molecule has 1 saturated heterocycles. The Morgan fingerprint density at radius 1 is 1.32 bits per heavy atom. The Bertz CT molecular complexity index is 523. The van der Waals surface area contributed by atoms with E-state index in [0.717, 1.165) is 17.8 Å². The first-order valence-corrected chi connectivity index (χ1v) is 6.43. The minimum atomic E-state index is -0.121. The largest absolute Gasteiger partial charge is 0.381 e. The topological polar surface area (TPSA) is 49.9 Å². The van der Waals surface area contributed by atoms with Crippen LogP contribution in [0.1, 0.15) is 6.42 Å². The first kappa shape index (κ1) is 12.2. The van der Waals surface area contributed by atoms with Crippen molar-refractivity contribution in [2.45, 2.75) is 6.42 Å². The molecule has 1 fully saturated rings. The highest BCUT2D eigenvalue weighted by Crippen LogP contribution is 2.33. The summed E-state index contributed by atoms with van der Waals surface area (Å²) in [7, 11) is 1.74. The van der Waals surface area contributed by atoms with E-state index in [0.29, 0.717) is 13.2 Å². The number of carbonyl (C=O) groups is 2. The molecule has 0 saturated carbocycles. The molecule has 2 amide bonds. The van der Waals surface area contributed by atoms with Crippen LogP contribution in [-0.2, 0) is 14.3 Å². The molecule has 5 nitrogen and oxygen atoms in total. The van der Waals surface area contributed by atoms with Crippen LogP contribution in [0.25, 0.3) is 0 Å². The fourth-order valence-electron chi connectivity index (χ4n) is 2.58. The number of hydrogen-bond acceptors (Lipinski definition) is 3. The van der Waals surface area contributed by atoms with Crippen molar-refractivity contribution in [3.05, 3.63) is 24.3 Å². The maximum atomic E-state index is 12.5. The van der Waals surface area contributed by atoms with Crippen molar-refractivity contribution in [1.29, 1.82) is 0 Å². The molecule has 100 valence electrons. The van der Waals surface area contributed by atoms with E-state index in [1.54, 1.807) is 16.8 Å². The van der Waals surface area contributed by atoms with E-state index in [9.17, 15) is 9.59 Å². The van der Waals surface area contributed by atoms with Gasteiger partial charge in [0.2, 0.25) is 11.8 Å². The SMILES string of the molecule is CN1C(=O)CN(C(=O)[C@H]2CCOC2)c2ccccc21. The van der Waals surface area contributed by atoms with Crippen molar-refractivity contribution in [3.63, 3.8) is 0 Å². The molecule has 1 aromatic rings. The number of likely N-dealkylation sites (N-methyl/N-ethyl adjacent to an activating group) is 1. The predicted octanol–water partition coefficient (Wildman–Crippen LogP) is 1.03. The van der Waals surface area contributed by atoms with Crippen molar-refractivity contribution in [2.24, 2.45) is 5.92 Å². The normalized spacial score (nSPS) is 22.6. The van der Waals surface area contributed by atoms with E-state index in [-0.39, 0.29) is 24.3 Å². The van der Waals surface area contributed by atoms with Gasteiger partial charge in [0.05, 0.1) is 23.9 Å². The number of hydrogen-bond donors (Lipinski definition) is 0. The van der Waals surface area contributed by atoms with Gasteiger partial charge in [-0.3, -0.25) is 9.59 Å². The van der Waals surface area contributed by atoms with Crippen molar-refractivity contribution in [2.75, 3.05) is 36.6 Å². The van der Waals surface area contributed by atoms with Crippen LogP contribution in [-0.4, -0.2) is 38.6 Å². The summed E-state index contributed by atoms with van der Waals surface area (Å²) in [5.41, 5.74) is 1.59. The zero-order valence-electron chi connectivity index (χ0n) is 10.8. The molecule has 1 atom stereocenters. The van der Waals surface area contributed by atoms with Gasteiger partial charge in [0, 0.05) is 13.7 Å². The molecular weight excluding hydrogens is 244 g/mol. The smallest absolute Gasteiger partial charge is 0.246 e. The number of ether oxygens (including phenoxy) is 1. The van der Waals surface area contributed by atoms with Gasteiger partial charge in [-0.2, -0.15) is 0 Å². The van der Waals surface area contributed by atoms with Crippen LogP contribution in [0.2, 0.25) is 0 Å². The standard InChI is InChI=1S/C14H16N2O3/c1-15-11-4-2-3-5-12(11)16(8-13(15)17)14(18)10-6-7-19-9-10/h2-5,10H,6-9H2,1H3/t10-/m0/s1. The monoisotopic (exact) mass is 260 g/mol. The average molecular weight is 260 g/mol. The van der Waals surface area contributed by atoms with Crippen LogP contribution < -0.4 is 9.80 Å². The maximum absolute atomic E-state index is 12.5. The Balaban J connectivity index is 1.96. The van der Waals surface area contributed by atoms with Crippen molar-refractivity contribution in [1.82, 2.24) is 0 Å². The molecule has 3 rings (SSSR count). The lowest BCUT2D eigenvalue weighted by molar-refractivity contribution is -0.125. The molecule has 5 heteroatoms. The van der Waals surface area contributed by atoms with Crippen LogP contribution in [0.15, 0.2) is 24.3 Å². The zero-order valence-corrected chi connectivity index (χ0v) is 10.8. The lowest BCUT2D eigenvalue weighted by Gasteiger charge is -2.35. The Kier molecular flexibility index (Phi) is 2.98. The quantitative estimate of drug-likeness (QED) is 0.758. The Labute approximate surface area is 111 Å². The molecule has 19 heavy (non-hydrogen) atoms. The van der Waals surface area contributed by atoms with E-state index in [1.165, 1.54) is 0 Å². The number of fused-ring (bicyclic) bond motifs is 1. The summed E-state index contributed by atoms with van der Waals surface area (Å²) < 4.78 is 5.26. The number of benzene rings is 1. The minimum Gasteiger partial charge on any atom is -0.381 e. The van der Waals surface area contributed by atoms with E-state index in [4.69, 9.17) is 4.74 Å². The van der Waals surface area contributed by atoms with Crippen molar-refractivity contribution >= 4 is 23.2 Å². The molecule has 0 unspecified atom stereocenters. The highest BCUT2D eigenvalue weighted by molar-refractivity contribution is 6.11. The number of rotatable bonds is 1. The summed E-state index contributed by atoms with van der Waals surface area (Å²) in [6, 6.07) is 7.49. The molecule has 0 spiro atoms. The predicted molar refractivity (Wildman–Crippen MR) is 71.1 cm³/mol. The third-order valence-corrected chi connectivity index (χ3v) is 3.75. The van der Waals surface area contributed by atoms with Gasteiger partial charge >= 0.3 is 0 Å². The number of anilines is 2. The molecule has 0 aliphatic carbocycles. The highest BCUT2D eigenvalue weighted by atomic mass is 16.5. The van der Waals surface area contributed by atoms with E-state index in [1.807, 2.05) is 24.3 Å². The number of carbonyl (C=O) groups excluding carboxylic acids is 2. The Hall–Kier alpha value is -1.88. The van der Waals surface area contributed by atoms with Gasteiger partial charge in [-0.05, 0) is 18.6 Å². The van der Waals surface area contributed by atoms with Crippen LogP contribution in [0.4, 0.5) is 11.4 Å². The van der Waals surface area contributed by atoms with E-state index >= 15 is 0 Å². The van der Waals surface area contributed by atoms with Crippen LogP contribution in [0, 0.1) is 5.92 Å². The van der Waals surface area contributed by atoms with Gasteiger partial charge in [-0.25, -0.2) is 0 Å². The van der Waals surface area contributed by atoms with Crippen molar-refractivity contribution < 1.29 is 14.3 Å². The lowest BCUT2D eigenvalue weighted by Crippen LogP contribution is -2.48. The molecular formula is C14H16N2O3. The van der Waals surface area contributed by atoms with E-state index in [2.05, 4.69) is 0 Å². The van der Waals surface area contributed by atoms with Gasteiger partial charge < -0.3 is 14.5 Å². The molecule has 0 aromatic heterocycles. The molecule has 2 heterocycles. The minimum absolute atomic E-state index is 0.00796. The number of nitrogens with zero attached hydrogens (tertiary/aromatic N) is 2. The van der Waals surface area contributed by atoms with Gasteiger partial charge in [-0.15, -0.1) is 0 Å². The molecule has 0 N–H and O–H groups in total. The lowest BCUT2D eigenvalue weighted by atomic mass is 10.1. The van der Waals surface area contributed by atoms with Gasteiger partial charge in [0.25, 0.3) is 0 Å². The summed E-state index contributed by atoms with van der Waals surface area (Å²) >= 11 is 0. The second kappa shape index (κ2) is 4.66. The first-order valence-electron chi connectivity index (χ1n) is 6.43. The molecule has 0 radical (unpaired) electrons. The molecule has 1 aromatic carbocycles. The van der Waals surface area contributed by atoms with Crippen LogP contribution in [0.3, 0.4) is 0 Å². The van der Waals surface area contributed by atoms with Crippen molar-refractivity contribution in [3.8, 4) is 0 Å². The van der Waals surface area contributed by atoms with Crippen LogP contribution in [0.5, 0.6) is 0 Å². The maximum Gasteiger partial charge on any atom is 0.246 e. The average Bonchev–Trinajstić information content (AvgIpc) is 2.96. The van der Waals surface area contributed by atoms with Gasteiger partial charge in [0.1, 0.15) is 6.54 Å². The highest BCUT2D eigenvalue weighted by Gasteiger charge is 2.35. The second-order valence-corrected chi connectivity index (χ2v) is 4.93. The van der Waals surface area contributed by atoms with Gasteiger partial charge in [-0.1, -0.05) is 12.1 Å². The number of amides is 2. The third kappa shape index (κ3) is 2.00.